The molecule has 0 aromatic heterocycles. The molecule has 0 aromatic rings. The molecule has 0 radical (unpaired) electrons. The first-order valence-electron chi connectivity index (χ1n) is 5.29. The van der Waals surface area contributed by atoms with Crippen molar-refractivity contribution in [3.05, 3.63) is 0 Å². The van der Waals surface area contributed by atoms with Crippen molar-refractivity contribution in [1.29, 1.82) is 5.26 Å². The van der Waals surface area contributed by atoms with Crippen LogP contribution in [-0.4, -0.2) is 13.2 Å². The molecule has 0 heterocycles. The average Bonchev–Trinajstić information content (AvgIpc) is 2.17. The van der Waals surface area contributed by atoms with Crippen molar-refractivity contribution < 1.29 is 4.74 Å². The Morgan fingerprint density at radius 3 is 2.69 bits per heavy atom. The number of nitriles is 1. The third-order valence-electron chi connectivity index (χ3n) is 2.26. The largest absolute Gasteiger partial charge is 0.380 e. The Morgan fingerprint density at radius 1 is 1.38 bits per heavy atom. The van der Waals surface area contributed by atoms with Crippen molar-refractivity contribution >= 4 is 0 Å². The molecule has 1 unspecified atom stereocenters. The Bertz CT molecular complexity index is 140. The molecule has 0 aliphatic rings. The Balaban J connectivity index is 3.32. The van der Waals surface area contributed by atoms with Crippen LogP contribution in [0.15, 0.2) is 0 Å². The second-order valence-electron chi connectivity index (χ2n) is 3.40. The van der Waals surface area contributed by atoms with E-state index in [-0.39, 0.29) is 0 Å². The summed E-state index contributed by atoms with van der Waals surface area (Å²) in [6, 6.07) is 2.08. The van der Waals surface area contributed by atoms with E-state index in [1.165, 1.54) is 25.7 Å². The van der Waals surface area contributed by atoms with Gasteiger partial charge < -0.3 is 4.74 Å². The minimum atomic E-state index is 0.518. The van der Waals surface area contributed by atoms with Crippen LogP contribution in [0.3, 0.4) is 0 Å². The summed E-state index contributed by atoms with van der Waals surface area (Å²) >= 11 is 0. The van der Waals surface area contributed by atoms with Crippen LogP contribution < -0.4 is 0 Å². The van der Waals surface area contributed by atoms with Gasteiger partial charge in [-0.3, -0.25) is 0 Å². The molecule has 0 saturated heterocycles. The monoisotopic (exact) mass is 183 g/mol. The second kappa shape index (κ2) is 9.54. The molecule has 0 aliphatic heterocycles. The number of rotatable bonds is 8. The van der Waals surface area contributed by atoms with E-state index in [1.807, 2.05) is 0 Å². The molecule has 0 bridgehead atoms. The first-order valence-corrected chi connectivity index (χ1v) is 5.29. The van der Waals surface area contributed by atoms with E-state index in [4.69, 9.17) is 10.00 Å². The number of hydrogen-bond acceptors (Lipinski definition) is 2. The molecule has 0 N–H and O–H groups in total. The molecule has 0 rings (SSSR count). The third kappa shape index (κ3) is 7.80. The van der Waals surface area contributed by atoms with Crippen LogP contribution in [0.4, 0.5) is 0 Å². The van der Waals surface area contributed by atoms with E-state index in [9.17, 15) is 0 Å². The molecule has 0 aliphatic carbocycles. The van der Waals surface area contributed by atoms with Gasteiger partial charge in [0.25, 0.3) is 0 Å². The van der Waals surface area contributed by atoms with Gasteiger partial charge in [-0.25, -0.2) is 0 Å². The highest BCUT2D eigenvalue weighted by atomic mass is 16.5. The number of ether oxygens (including phenoxy) is 1. The fourth-order valence-electron chi connectivity index (χ4n) is 1.27. The number of nitrogens with zero attached hydrogens (tertiary/aromatic N) is 1. The zero-order valence-corrected chi connectivity index (χ0v) is 8.88. The minimum absolute atomic E-state index is 0.518. The first kappa shape index (κ1) is 12.4. The molecule has 0 amide bonds. The van der Waals surface area contributed by atoms with Gasteiger partial charge in [0.05, 0.1) is 19.1 Å². The van der Waals surface area contributed by atoms with Crippen LogP contribution in [-0.2, 0) is 4.74 Å². The van der Waals surface area contributed by atoms with Crippen molar-refractivity contribution in [1.82, 2.24) is 0 Å². The van der Waals surface area contributed by atoms with E-state index in [1.54, 1.807) is 0 Å². The van der Waals surface area contributed by atoms with Gasteiger partial charge >= 0.3 is 0 Å². The zero-order chi connectivity index (χ0) is 9.94. The maximum atomic E-state index is 8.30. The van der Waals surface area contributed by atoms with E-state index >= 15 is 0 Å². The number of hydrogen-bond donors (Lipinski definition) is 0. The average molecular weight is 183 g/mol. The van der Waals surface area contributed by atoms with Gasteiger partial charge in [0.15, 0.2) is 0 Å². The van der Waals surface area contributed by atoms with Crippen LogP contribution in [0.2, 0.25) is 0 Å². The summed E-state index contributed by atoms with van der Waals surface area (Å²) in [5, 5.41) is 8.30. The van der Waals surface area contributed by atoms with Gasteiger partial charge in [0, 0.05) is 6.61 Å². The molecule has 0 saturated carbocycles. The highest BCUT2D eigenvalue weighted by Crippen LogP contribution is 2.12. The van der Waals surface area contributed by atoms with Gasteiger partial charge in [-0.1, -0.05) is 33.1 Å². The van der Waals surface area contributed by atoms with Gasteiger partial charge in [0.1, 0.15) is 0 Å². The highest BCUT2D eigenvalue weighted by Gasteiger charge is 2.04. The quantitative estimate of drug-likeness (QED) is 0.542. The van der Waals surface area contributed by atoms with Crippen LogP contribution in [0.25, 0.3) is 0 Å². The van der Waals surface area contributed by atoms with Crippen molar-refractivity contribution in [3.63, 3.8) is 0 Å². The molecule has 0 spiro atoms. The second-order valence-corrected chi connectivity index (χ2v) is 3.40. The standard InChI is InChI=1S/C11H21NO/c1-3-5-7-11(4-2)10-13-9-6-8-12/h11H,3-7,9-10H2,1-2H3. The summed E-state index contributed by atoms with van der Waals surface area (Å²) in [4.78, 5) is 0. The SMILES string of the molecule is CCCCC(CC)COCCC#N. The highest BCUT2D eigenvalue weighted by molar-refractivity contribution is 4.67. The Kier molecular flexibility index (Phi) is 9.13. The predicted octanol–water partition coefficient (Wildman–Crippen LogP) is 3.13. The Morgan fingerprint density at radius 2 is 2.15 bits per heavy atom. The maximum Gasteiger partial charge on any atom is 0.0645 e. The van der Waals surface area contributed by atoms with Crippen molar-refractivity contribution in [2.75, 3.05) is 13.2 Å². The van der Waals surface area contributed by atoms with Crippen LogP contribution in [0, 0.1) is 17.2 Å². The van der Waals surface area contributed by atoms with Gasteiger partial charge in [-0.05, 0) is 12.3 Å². The topological polar surface area (TPSA) is 33.0 Å². The summed E-state index contributed by atoms with van der Waals surface area (Å²) in [5.41, 5.74) is 0. The lowest BCUT2D eigenvalue weighted by Crippen LogP contribution is -2.09. The molecule has 0 fully saturated rings. The molecule has 2 nitrogen and oxygen atoms in total. The molecule has 2 heteroatoms. The molecular formula is C11H21NO. The van der Waals surface area contributed by atoms with Crippen LogP contribution >= 0.6 is 0 Å². The lowest BCUT2D eigenvalue weighted by Gasteiger charge is -2.13. The molecule has 1 atom stereocenters. The van der Waals surface area contributed by atoms with Crippen molar-refractivity contribution in [2.24, 2.45) is 5.92 Å². The lowest BCUT2D eigenvalue weighted by atomic mass is 10.0. The van der Waals surface area contributed by atoms with E-state index < -0.39 is 0 Å². The van der Waals surface area contributed by atoms with Crippen molar-refractivity contribution in [2.45, 2.75) is 46.0 Å². The lowest BCUT2D eigenvalue weighted by molar-refractivity contribution is 0.0982. The summed E-state index contributed by atoms with van der Waals surface area (Å²) in [7, 11) is 0. The molecular weight excluding hydrogens is 162 g/mol. The van der Waals surface area contributed by atoms with Gasteiger partial charge in [-0.15, -0.1) is 0 Å². The summed E-state index contributed by atoms with van der Waals surface area (Å²) < 4.78 is 5.40. The van der Waals surface area contributed by atoms with Crippen LogP contribution in [0.1, 0.15) is 46.0 Å². The van der Waals surface area contributed by atoms with Crippen molar-refractivity contribution in [3.8, 4) is 6.07 Å². The fourth-order valence-corrected chi connectivity index (χ4v) is 1.27. The van der Waals surface area contributed by atoms with E-state index in [0.29, 0.717) is 18.9 Å². The third-order valence-corrected chi connectivity index (χ3v) is 2.26. The Hall–Kier alpha value is -0.550. The van der Waals surface area contributed by atoms with Gasteiger partial charge in [-0.2, -0.15) is 5.26 Å². The summed E-state index contributed by atoms with van der Waals surface area (Å²) in [6.07, 6.45) is 5.52. The smallest absolute Gasteiger partial charge is 0.0645 e. The normalized spacial score (nSPS) is 12.4. The first-order chi connectivity index (χ1) is 6.35. The zero-order valence-electron chi connectivity index (χ0n) is 8.88. The minimum Gasteiger partial charge on any atom is -0.380 e. The molecule has 76 valence electrons. The predicted molar refractivity (Wildman–Crippen MR) is 54.4 cm³/mol. The van der Waals surface area contributed by atoms with Gasteiger partial charge in [0.2, 0.25) is 0 Å². The summed E-state index contributed by atoms with van der Waals surface area (Å²) in [6.45, 7) is 5.84. The Labute approximate surface area is 81.9 Å². The molecule has 13 heavy (non-hydrogen) atoms. The van der Waals surface area contributed by atoms with Crippen LogP contribution in [0.5, 0.6) is 0 Å². The number of unbranched alkanes of at least 4 members (excludes halogenated alkanes) is 1. The van der Waals surface area contributed by atoms with E-state index in [0.717, 1.165) is 6.61 Å². The van der Waals surface area contributed by atoms with E-state index in [2.05, 4.69) is 19.9 Å². The fraction of sp³-hybridized carbons (Fsp3) is 0.909. The maximum absolute atomic E-state index is 8.30. The summed E-state index contributed by atoms with van der Waals surface area (Å²) in [5.74, 6) is 0.693. The molecule has 0 aromatic carbocycles.